The lowest BCUT2D eigenvalue weighted by molar-refractivity contribution is -0.140. The van der Waals surface area contributed by atoms with E-state index in [4.69, 9.17) is 4.74 Å². The fourth-order valence-corrected chi connectivity index (χ4v) is 0.731. The van der Waals surface area contributed by atoms with Crippen molar-refractivity contribution >= 4 is 11.9 Å². The maximum atomic E-state index is 11.0. The molecule has 0 radical (unpaired) electrons. The molecule has 1 amide bonds. The Morgan fingerprint density at radius 1 is 1.36 bits per heavy atom. The van der Waals surface area contributed by atoms with Gasteiger partial charge in [-0.3, -0.25) is 4.79 Å². The number of carbonyl (C=O) groups excluding carboxylic acids is 2. The van der Waals surface area contributed by atoms with Crippen molar-refractivity contribution in [1.82, 2.24) is 5.32 Å². The molecule has 78 valence electrons. The smallest absolute Gasteiger partial charge is 0.330 e. The summed E-state index contributed by atoms with van der Waals surface area (Å²) in [4.78, 5) is 21.7. The summed E-state index contributed by atoms with van der Waals surface area (Å²) in [5.74, 6) is -0.810. The number of carbonyl (C=O) groups is 2. The van der Waals surface area contributed by atoms with Crippen LogP contribution in [0.4, 0.5) is 0 Å². The molecule has 0 saturated carbocycles. The lowest BCUT2D eigenvalue weighted by Crippen LogP contribution is -2.46. The highest BCUT2D eigenvalue weighted by molar-refractivity contribution is 5.87. The molecule has 1 N–H and O–H groups in total. The van der Waals surface area contributed by atoms with Gasteiger partial charge in [-0.05, 0) is 19.9 Å². The van der Waals surface area contributed by atoms with E-state index in [0.717, 1.165) is 12.2 Å². The first kappa shape index (κ1) is 12.4. The zero-order valence-electron chi connectivity index (χ0n) is 8.50. The van der Waals surface area contributed by atoms with Crippen LogP contribution in [0.25, 0.3) is 0 Å². The number of ether oxygens (including phenoxy) is 1. The highest BCUT2D eigenvalue weighted by Gasteiger charge is 2.20. The van der Waals surface area contributed by atoms with Crippen LogP contribution in [0, 0.1) is 0 Å². The molecule has 0 bridgehead atoms. The van der Waals surface area contributed by atoms with E-state index < -0.39 is 11.5 Å². The van der Waals surface area contributed by atoms with Gasteiger partial charge in [0.2, 0.25) is 5.91 Å². The van der Waals surface area contributed by atoms with Gasteiger partial charge in [-0.25, -0.2) is 4.79 Å². The fraction of sp³-hybridized carbons (Fsp3) is 0.400. The molecule has 0 saturated heterocycles. The maximum absolute atomic E-state index is 11.0. The van der Waals surface area contributed by atoms with Gasteiger partial charge >= 0.3 is 5.97 Å². The molecule has 0 unspecified atom stereocenters. The standard InChI is InChI=1S/C10H15NO3/c1-5-8(12)11-10(3,4)7-14-9(13)6-2/h5-6H,1-2,7H2,3-4H3,(H,11,12). The third kappa shape index (κ3) is 5.13. The predicted molar refractivity (Wildman–Crippen MR) is 53.6 cm³/mol. The zero-order chi connectivity index (χ0) is 11.2. The van der Waals surface area contributed by atoms with E-state index in [1.165, 1.54) is 0 Å². The Kier molecular flexibility index (Phi) is 4.63. The minimum Gasteiger partial charge on any atom is -0.460 e. The molecule has 0 aliphatic rings. The molecule has 0 rings (SSSR count). The van der Waals surface area contributed by atoms with Gasteiger partial charge in [0.25, 0.3) is 0 Å². The molecule has 14 heavy (non-hydrogen) atoms. The van der Waals surface area contributed by atoms with Crippen LogP contribution in [0.1, 0.15) is 13.8 Å². The van der Waals surface area contributed by atoms with Crippen molar-refractivity contribution in [3.63, 3.8) is 0 Å². The number of amides is 1. The van der Waals surface area contributed by atoms with Crippen LogP contribution < -0.4 is 5.32 Å². The summed E-state index contributed by atoms with van der Waals surface area (Å²) in [5, 5.41) is 2.62. The highest BCUT2D eigenvalue weighted by atomic mass is 16.5. The summed E-state index contributed by atoms with van der Waals surface area (Å²) in [5.41, 5.74) is -0.607. The van der Waals surface area contributed by atoms with Crippen molar-refractivity contribution in [2.24, 2.45) is 0 Å². The summed E-state index contributed by atoms with van der Waals surface area (Å²) in [6.07, 6.45) is 2.24. The molecule has 4 nitrogen and oxygen atoms in total. The zero-order valence-corrected chi connectivity index (χ0v) is 8.50. The molecule has 0 spiro atoms. The second-order valence-electron chi connectivity index (χ2n) is 3.39. The van der Waals surface area contributed by atoms with E-state index in [1.807, 2.05) is 0 Å². The Bertz CT molecular complexity index is 256. The minimum atomic E-state index is -0.607. The summed E-state index contributed by atoms with van der Waals surface area (Å²) in [6, 6.07) is 0. The van der Waals surface area contributed by atoms with E-state index in [0.29, 0.717) is 0 Å². The van der Waals surface area contributed by atoms with Crippen molar-refractivity contribution in [3.05, 3.63) is 25.3 Å². The Labute approximate surface area is 83.6 Å². The lowest BCUT2D eigenvalue weighted by atomic mass is 10.1. The Morgan fingerprint density at radius 3 is 2.36 bits per heavy atom. The first-order valence-corrected chi connectivity index (χ1v) is 4.15. The fourth-order valence-electron chi connectivity index (χ4n) is 0.731. The first-order valence-electron chi connectivity index (χ1n) is 4.15. The van der Waals surface area contributed by atoms with Gasteiger partial charge in [0.1, 0.15) is 6.61 Å². The van der Waals surface area contributed by atoms with Crippen molar-refractivity contribution in [2.75, 3.05) is 6.61 Å². The van der Waals surface area contributed by atoms with E-state index in [-0.39, 0.29) is 12.5 Å². The summed E-state index contributed by atoms with van der Waals surface area (Å²) in [7, 11) is 0. The van der Waals surface area contributed by atoms with Gasteiger partial charge in [0, 0.05) is 6.08 Å². The van der Waals surface area contributed by atoms with Gasteiger partial charge in [-0.1, -0.05) is 13.2 Å². The predicted octanol–water partition coefficient (Wildman–Crippen LogP) is 0.796. The van der Waals surface area contributed by atoms with Crippen LogP contribution in [-0.4, -0.2) is 24.0 Å². The van der Waals surface area contributed by atoms with E-state index >= 15 is 0 Å². The van der Waals surface area contributed by atoms with Crippen LogP contribution in [0.15, 0.2) is 25.3 Å². The first-order chi connectivity index (χ1) is 6.41. The minimum absolute atomic E-state index is 0.0947. The second kappa shape index (κ2) is 5.21. The number of esters is 1. The molecule has 0 aromatic carbocycles. The topological polar surface area (TPSA) is 55.4 Å². The number of hydrogen-bond acceptors (Lipinski definition) is 3. The summed E-state index contributed by atoms with van der Waals surface area (Å²) in [6.45, 7) is 10.2. The second-order valence-corrected chi connectivity index (χ2v) is 3.39. The SMILES string of the molecule is C=CC(=O)NC(C)(C)COC(=O)C=C. The van der Waals surface area contributed by atoms with Gasteiger partial charge < -0.3 is 10.1 Å². The van der Waals surface area contributed by atoms with Crippen molar-refractivity contribution in [2.45, 2.75) is 19.4 Å². The van der Waals surface area contributed by atoms with Gasteiger partial charge in [0.15, 0.2) is 0 Å². The molecular formula is C10H15NO3. The van der Waals surface area contributed by atoms with Crippen LogP contribution in [0.5, 0.6) is 0 Å². The molecule has 0 aromatic rings. The van der Waals surface area contributed by atoms with Crippen LogP contribution >= 0.6 is 0 Å². The molecular weight excluding hydrogens is 182 g/mol. The molecule has 0 aliphatic carbocycles. The molecule has 4 heteroatoms. The monoisotopic (exact) mass is 197 g/mol. The Hall–Kier alpha value is -1.58. The number of rotatable bonds is 5. The third-order valence-electron chi connectivity index (χ3n) is 1.39. The van der Waals surface area contributed by atoms with E-state index in [9.17, 15) is 9.59 Å². The molecule has 0 fully saturated rings. The van der Waals surface area contributed by atoms with Gasteiger partial charge in [-0.2, -0.15) is 0 Å². The lowest BCUT2D eigenvalue weighted by Gasteiger charge is -2.24. The third-order valence-corrected chi connectivity index (χ3v) is 1.39. The average molecular weight is 197 g/mol. The summed E-state index contributed by atoms with van der Waals surface area (Å²) < 4.78 is 4.80. The van der Waals surface area contributed by atoms with E-state index in [1.54, 1.807) is 13.8 Å². The van der Waals surface area contributed by atoms with Gasteiger partial charge in [-0.15, -0.1) is 0 Å². The largest absolute Gasteiger partial charge is 0.460 e. The van der Waals surface area contributed by atoms with Crippen molar-refractivity contribution < 1.29 is 14.3 Å². The van der Waals surface area contributed by atoms with Crippen LogP contribution in [0.2, 0.25) is 0 Å². The normalized spacial score (nSPS) is 10.1. The molecule has 0 aromatic heterocycles. The van der Waals surface area contributed by atoms with Crippen molar-refractivity contribution in [1.29, 1.82) is 0 Å². The van der Waals surface area contributed by atoms with Gasteiger partial charge in [0.05, 0.1) is 5.54 Å². The Balaban J connectivity index is 4.06. The van der Waals surface area contributed by atoms with Crippen molar-refractivity contribution in [3.8, 4) is 0 Å². The van der Waals surface area contributed by atoms with E-state index in [2.05, 4.69) is 18.5 Å². The molecule has 0 heterocycles. The maximum Gasteiger partial charge on any atom is 0.330 e. The van der Waals surface area contributed by atoms with Crippen LogP contribution in [-0.2, 0) is 14.3 Å². The number of nitrogens with one attached hydrogen (secondary N) is 1. The number of hydrogen-bond donors (Lipinski definition) is 1. The average Bonchev–Trinajstić information content (AvgIpc) is 2.13. The van der Waals surface area contributed by atoms with Crippen LogP contribution in [0.3, 0.4) is 0 Å². The quantitative estimate of drug-likeness (QED) is 0.524. The molecule has 0 aliphatic heterocycles. The summed E-state index contributed by atoms with van der Waals surface area (Å²) >= 11 is 0. The molecule has 0 atom stereocenters. The Morgan fingerprint density at radius 2 is 1.93 bits per heavy atom. The highest BCUT2D eigenvalue weighted by Crippen LogP contribution is 2.02.